The fourth-order valence-electron chi connectivity index (χ4n) is 1.98. The molecule has 1 fully saturated rings. The third kappa shape index (κ3) is 2.89. The molecular weight excluding hydrogens is 277 g/mol. The molecule has 0 aliphatic carbocycles. The number of aromatic nitrogens is 1. The van der Waals surface area contributed by atoms with E-state index in [0.29, 0.717) is 16.9 Å². The topological polar surface area (TPSA) is 68.4 Å². The maximum Gasteiger partial charge on any atom is 0.500 e. The maximum atomic E-state index is 12.2. The third-order valence-corrected chi connectivity index (χ3v) is 4.59. The van der Waals surface area contributed by atoms with Crippen LogP contribution in [-0.2, 0) is 25.9 Å². The zero-order chi connectivity index (χ0) is 15.1. The lowest BCUT2D eigenvalue weighted by molar-refractivity contribution is 0.00578. The second-order valence-electron chi connectivity index (χ2n) is 6.08. The first-order valence-corrected chi connectivity index (χ1v) is 8.22. The van der Waals surface area contributed by atoms with E-state index in [9.17, 15) is 9.00 Å². The van der Waals surface area contributed by atoms with E-state index in [0.717, 1.165) is 0 Å². The van der Waals surface area contributed by atoms with Gasteiger partial charge < -0.3 is 14.3 Å². The monoisotopic (exact) mass is 297 g/mol. The SMILES string of the molecule is CS(=O)Cc1cc(=O)c(B2OC(C)(C)C(C)(C)O2)c[nH]1. The van der Waals surface area contributed by atoms with E-state index in [4.69, 9.17) is 9.31 Å². The van der Waals surface area contributed by atoms with Crippen molar-refractivity contribution in [3.8, 4) is 0 Å². The Kier molecular flexibility index (Phi) is 3.97. The van der Waals surface area contributed by atoms with Gasteiger partial charge in [-0.05, 0) is 27.7 Å². The Hall–Kier alpha value is -0.915. The summed E-state index contributed by atoms with van der Waals surface area (Å²) in [5, 5.41) is 0. The molecule has 0 saturated carbocycles. The smallest absolute Gasteiger partial charge is 0.399 e. The second kappa shape index (κ2) is 5.13. The Morgan fingerprint density at radius 2 is 1.80 bits per heavy atom. The predicted molar refractivity (Wildman–Crippen MR) is 80.5 cm³/mol. The van der Waals surface area contributed by atoms with Gasteiger partial charge in [-0.15, -0.1) is 0 Å². The number of hydrogen-bond donors (Lipinski definition) is 1. The van der Waals surface area contributed by atoms with Crippen molar-refractivity contribution in [1.29, 1.82) is 0 Å². The predicted octanol–water partition coefficient (Wildman–Crippen LogP) is 0.553. The van der Waals surface area contributed by atoms with Crippen LogP contribution in [0.25, 0.3) is 0 Å². The highest BCUT2D eigenvalue weighted by Gasteiger charge is 2.52. The minimum atomic E-state index is -0.991. The zero-order valence-electron chi connectivity index (χ0n) is 12.5. The number of pyridine rings is 1. The maximum absolute atomic E-state index is 12.2. The molecule has 1 aliphatic rings. The van der Waals surface area contributed by atoms with Gasteiger partial charge in [0.2, 0.25) is 0 Å². The van der Waals surface area contributed by atoms with E-state index in [-0.39, 0.29) is 5.43 Å². The summed E-state index contributed by atoms with van der Waals surface area (Å²) in [5.41, 5.74) is -0.0328. The zero-order valence-corrected chi connectivity index (χ0v) is 13.3. The van der Waals surface area contributed by atoms with E-state index in [1.165, 1.54) is 6.07 Å². The first-order chi connectivity index (χ1) is 9.12. The van der Waals surface area contributed by atoms with Gasteiger partial charge in [-0.1, -0.05) is 0 Å². The molecule has 0 amide bonds. The van der Waals surface area contributed by atoms with Crippen molar-refractivity contribution in [2.75, 3.05) is 6.26 Å². The average molecular weight is 297 g/mol. The number of rotatable bonds is 3. The molecule has 2 rings (SSSR count). The van der Waals surface area contributed by atoms with Crippen LogP contribution >= 0.6 is 0 Å². The summed E-state index contributed by atoms with van der Waals surface area (Å²) in [5.74, 6) is 0.332. The molecule has 5 nitrogen and oxygen atoms in total. The van der Waals surface area contributed by atoms with Gasteiger partial charge in [0.25, 0.3) is 0 Å². The quantitative estimate of drug-likeness (QED) is 0.827. The Morgan fingerprint density at radius 3 is 2.25 bits per heavy atom. The summed E-state index contributed by atoms with van der Waals surface area (Å²) < 4.78 is 22.9. The van der Waals surface area contributed by atoms with E-state index < -0.39 is 29.1 Å². The van der Waals surface area contributed by atoms with E-state index in [1.54, 1.807) is 12.5 Å². The van der Waals surface area contributed by atoms with Gasteiger partial charge in [-0.3, -0.25) is 9.00 Å². The molecule has 1 saturated heterocycles. The van der Waals surface area contributed by atoms with Crippen molar-refractivity contribution >= 4 is 23.4 Å². The summed E-state index contributed by atoms with van der Waals surface area (Å²) in [6.07, 6.45) is 3.19. The van der Waals surface area contributed by atoms with Gasteiger partial charge >= 0.3 is 7.12 Å². The lowest BCUT2D eigenvalue weighted by Crippen LogP contribution is -2.43. The van der Waals surface area contributed by atoms with E-state index in [2.05, 4.69) is 4.98 Å². The largest absolute Gasteiger partial charge is 0.500 e. The first-order valence-electron chi connectivity index (χ1n) is 6.49. The second-order valence-corrected chi connectivity index (χ2v) is 7.52. The normalized spacial score (nSPS) is 21.9. The van der Waals surface area contributed by atoms with Crippen molar-refractivity contribution < 1.29 is 13.5 Å². The molecule has 1 atom stereocenters. The molecule has 0 bridgehead atoms. The molecule has 0 aromatic carbocycles. The van der Waals surface area contributed by atoms with E-state index >= 15 is 0 Å². The third-order valence-electron chi connectivity index (χ3n) is 3.87. The molecule has 0 spiro atoms. The van der Waals surface area contributed by atoms with Crippen LogP contribution in [0.15, 0.2) is 17.1 Å². The minimum Gasteiger partial charge on any atom is -0.399 e. The van der Waals surface area contributed by atoms with Crippen molar-refractivity contribution in [3.63, 3.8) is 0 Å². The Labute approximate surface area is 121 Å². The lowest BCUT2D eigenvalue weighted by atomic mass is 9.80. The van der Waals surface area contributed by atoms with Gasteiger partial charge in [0.1, 0.15) is 0 Å². The average Bonchev–Trinajstić information content (AvgIpc) is 2.46. The molecule has 1 N–H and O–H groups in total. The van der Waals surface area contributed by atoms with Crippen molar-refractivity contribution in [3.05, 3.63) is 28.2 Å². The Bertz CT molecular complexity index is 580. The summed E-state index contributed by atoms with van der Waals surface area (Å²) in [4.78, 5) is 15.1. The van der Waals surface area contributed by atoms with Gasteiger partial charge in [0.15, 0.2) is 5.43 Å². The van der Waals surface area contributed by atoms with Crippen LogP contribution in [0, 0.1) is 0 Å². The summed E-state index contributed by atoms with van der Waals surface area (Å²) in [6, 6.07) is 1.46. The summed E-state index contributed by atoms with van der Waals surface area (Å²) >= 11 is 0. The molecule has 1 aromatic rings. The number of hydrogen-bond acceptors (Lipinski definition) is 4. The lowest BCUT2D eigenvalue weighted by Gasteiger charge is -2.32. The van der Waals surface area contributed by atoms with Crippen LogP contribution in [0.3, 0.4) is 0 Å². The van der Waals surface area contributed by atoms with Crippen LogP contribution in [0.2, 0.25) is 0 Å². The molecule has 110 valence electrons. The Morgan fingerprint density at radius 1 is 1.25 bits per heavy atom. The van der Waals surface area contributed by atoms with Crippen molar-refractivity contribution in [2.24, 2.45) is 0 Å². The van der Waals surface area contributed by atoms with Crippen LogP contribution < -0.4 is 10.9 Å². The molecule has 0 radical (unpaired) electrons. The molecule has 2 heterocycles. The molecule has 7 heteroatoms. The fraction of sp³-hybridized carbons (Fsp3) is 0.615. The van der Waals surface area contributed by atoms with Gasteiger partial charge in [0, 0.05) is 40.5 Å². The van der Waals surface area contributed by atoms with Crippen molar-refractivity contribution in [2.45, 2.75) is 44.6 Å². The van der Waals surface area contributed by atoms with Crippen molar-refractivity contribution in [1.82, 2.24) is 4.98 Å². The minimum absolute atomic E-state index is 0.164. The standard InChI is InChI=1S/C13H20BNO4S/c1-12(2)13(3,4)19-14(18-12)10-7-15-9(6-11(10)16)8-20(5)17/h6-7H,8H2,1-5H3,(H,15,16). The van der Waals surface area contributed by atoms with Crippen LogP contribution in [-0.4, -0.2) is 33.8 Å². The summed E-state index contributed by atoms with van der Waals surface area (Å²) in [6.45, 7) is 7.76. The molecule has 1 unspecified atom stereocenters. The molecule has 1 aliphatic heterocycles. The van der Waals surface area contributed by atoms with Crippen LogP contribution in [0.4, 0.5) is 0 Å². The number of nitrogens with one attached hydrogen (secondary N) is 1. The number of H-pyrrole nitrogens is 1. The highest BCUT2D eigenvalue weighted by Crippen LogP contribution is 2.36. The highest BCUT2D eigenvalue weighted by molar-refractivity contribution is 7.83. The summed E-state index contributed by atoms with van der Waals surface area (Å²) in [7, 11) is -1.67. The van der Waals surface area contributed by atoms with Gasteiger partial charge in [-0.25, -0.2) is 0 Å². The van der Waals surface area contributed by atoms with Crippen LogP contribution in [0.5, 0.6) is 0 Å². The van der Waals surface area contributed by atoms with E-state index in [1.807, 2.05) is 27.7 Å². The van der Waals surface area contributed by atoms with Crippen LogP contribution in [0.1, 0.15) is 33.4 Å². The van der Waals surface area contributed by atoms with Gasteiger partial charge in [-0.2, -0.15) is 0 Å². The molecule has 1 aromatic heterocycles. The number of aromatic amines is 1. The highest BCUT2D eigenvalue weighted by atomic mass is 32.2. The molecule has 20 heavy (non-hydrogen) atoms. The van der Waals surface area contributed by atoms with Gasteiger partial charge in [0.05, 0.1) is 17.0 Å². The fourth-order valence-corrected chi connectivity index (χ4v) is 2.59. The Balaban J connectivity index is 2.28. The first kappa shape index (κ1) is 15.5. The molecular formula is C13H20BNO4S.